The number of halogens is 1. The van der Waals surface area contributed by atoms with E-state index in [-0.39, 0.29) is 5.91 Å². The van der Waals surface area contributed by atoms with Gasteiger partial charge in [0.2, 0.25) is 5.13 Å². The Hall–Kier alpha value is -1.66. The zero-order chi connectivity index (χ0) is 15.4. The molecule has 0 fully saturated rings. The maximum Gasteiger partial charge on any atom is 0.266 e. The molecular formula is C14H16ClN3O2S. The molecule has 0 aliphatic rings. The maximum atomic E-state index is 12.1. The summed E-state index contributed by atoms with van der Waals surface area (Å²) in [6.07, 6.45) is 0.155. The average molecular weight is 326 g/mol. The number of carbonyl (C=O) groups is 1. The quantitative estimate of drug-likeness (QED) is 0.914. The first-order valence-electron chi connectivity index (χ1n) is 6.55. The van der Waals surface area contributed by atoms with E-state index in [1.165, 1.54) is 11.3 Å². The van der Waals surface area contributed by atoms with E-state index in [1.54, 1.807) is 25.1 Å². The highest BCUT2D eigenvalue weighted by Gasteiger charge is 2.17. The third kappa shape index (κ3) is 4.15. The molecule has 0 unspecified atom stereocenters. The molecule has 1 aromatic heterocycles. The summed E-state index contributed by atoms with van der Waals surface area (Å²) < 4.78 is 5.65. The number of aromatic nitrogens is 2. The Balaban J connectivity index is 1.98. The second-order valence-electron chi connectivity index (χ2n) is 4.51. The van der Waals surface area contributed by atoms with Crippen LogP contribution in [0, 0.1) is 6.92 Å². The summed E-state index contributed by atoms with van der Waals surface area (Å²) in [4.78, 5) is 12.1. The molecule has 1 N–H and O–H groups in total. The zero-order valence-corrected chi connectivity index (χ0v) is 13.6. The first-order valence-corrected chi connectivity index (χ1v) is 7.75. The van der Waals surface area contributed by atoms with Crippen molar-refractivity contribution in [3.05, 3.63) is 33.8 Å². The molecule has 0 aliphatic carbocycles. The minimum atomic E-state index is -0.640. The molecule has 1 atom stereocenters. The Morgan fingerprint density at radius 2 is 2.24 bits per heavy atom. The highest BCUT2D eigenvalue weighted by Crippen LogP contribution is 2.23. The molecule has 0 spiro atoms. The monoisotopic (exact) mass is 325 g/mol. The number of hydrogen-bond acceptors (Lipinski definition) is 5. The van der Waals surface area contributed by atoms with Crippen molar-refractivity contribution in [3.63, 3.8) is 0 Å². The molecule has 0 aliphatic heterocycles. The number of rotatable bonds is 5. The molecule has 7 heteroatoms. The number of hydrogen-bond donors (Lipinski definition) is 1. The highest BCUT2D eigenvalue weighted by atomic mass is 35.5. The van der Waals surface area contributed by atoms with E-state index in [1.807, 2.05) is 13.8 Å². The van der Waals surface area contributed by atoms with Crippen molar-refractivity contribution in [2.75, 3.05) is 5.32 Å². The molecule has 1 amide bonds. The molecular weight excluding hydrogens is 310 g/mol. The van der Waals surface area contributed by atoms with Gasteiger partial charge >= 0.3 is 0 Å². The van der Waals surface area contributed by atoms with Gasteiger partial charge in [0.05, 0.1) is 0 Å². The fourth-order valence-electron chi connectivity index (χ4n) is 1.64. The Morgan fingerprint density at radius 3 is 2.86 bits per heavy atom. The lowest BCUT2D eigenvalue weighted by Gasteiger charge is -2.15. The van der Waals surface area contributed by atoms with Gasteiger partial charge in [0.15, 0.2) is 6.10 Å². The molecule has 1 heterocycles. The van der Waals surface area contributed by atoms with Crippen molar-refractivity contribution >= 4 is 34.0 Å². The number of nitrogens with zero attached hydrogens (tertiary/aromatic N) is 2. The second kappa shape index (κ2) is 6.87. The van der Waals surface area contributed by atoms with E-state index < -0.39 is 6.10 Å². The number of nitrogens with one attached hydrogen (secondary N) is 1. The van der Waals surface area contributed by atoms with Crippen molar-refractivity contribution in [2.45, 2.75) is 33.3 Å². The van der Waals surface area contributed by atoms with Gasteiger partial charge in [-0.2, -0.15) is 0 Å². The van der Waals surface area contributed by atoms with Gasteiger partial charge in [-0.3, -0.25) is 10.1 Å². The van der Waals surface area contributed by atoms with Gasteiger partial charge in [-0.25, -0.2) is 0 Å². The fraction of sp³-hybridized carbons (Fsp3) is 0.357. The molecule has 0 saturated carbocycles. The van der Waals surface area contributed by atoms with Crippen LogP contribution in [-0.2, 0) is 11.2 Å². The van der Waals surface area contributed by atoms with Crippen molar-refractivity contribution in [1.82, 2.24) is 10.2 Å². The van der Waals surface area contributed by atoms with Gasteiger partial charge in [-0.05, 0) is 44.0 Å². The number of amides is 1. The SMILES string of the molecule is CCc1nnc(NC(=O)[C@@H](C)Oc2ccc(Cl)cc2C)s1. The summed E-state index contributed by atoms with van der Waals surface area (Å²) in [5, 5.41) is 12.6. The summed E-state index contributed by atoms with van der Waals surface area (Å²) in [7, 11) is 0. The van der Waals surface area contributed by atoms with Gasteiger partial charge in [-0.15, -0.1) is 10.2 Å². The molecule has 2 rings (SSSR count). The minimum Gasteiger partial charge on any atom is -0.481 e. The van der Waals surface area contributed by atoms with Crippen LogP contribution in [0.2, 0.25) is 5.02 Å². The predicted octanol–water partition coefficient (Wildman–Crippen LogP) is 3.47. The Morgan fingerprint density at radius 1 is 1.48 bits per heavy atom. The Kier molecular flexibility index (Phi) is 5.14. The lowest BCUT2D eigenvalue weighted by molar-refractivity contribution is -0.122. The van der Waals surface area contributed by atoms with Crippen molar-refractivity contribution in [3.8, 4) is 5.75 Å². The van der Waals surface area contributed by atoms with Crippen LogP contribution in [0.5, 0.6) is 5.75 Å². The van der Waals surface area contributed by atoms with Crippen molar-refractivity contribution in [2.24, 2.45) is 0 Å². The van der Waals surface area contributed by atoms with E-state index in [9.17, 15) is 4.79 Å². The van der Waals surface area contributed by atoms with Crippen LogP contribution in [0.1, 0.15) is 24.4 Å². The van der Waals surface area contributed by atoms with Gasteiger partial charge in [0, 0.05) is 5.02 Å². The number of anilines is 1. The lowest BCUT2D eigenvalue weighted by atomic mass is 10.2. The largest absolute Gasteiger partial charge is 0.481 e. The van der Waals surface area contributed by atoms with Crippen LogP contribution in [0.4, 0.5) is 5.13 Å². The Labute approximate surface area is 132 Å². The topological polar surface area (TPSA) is 64.1 Å². The lowest BCUT2D eigenvalue weighted by Crippen LogP contribution is -2.30. The zero-order valence-electron chi connectivity index (χ0n) is 12.0. The summed E-state index contributed by atoms with van der Waals surface area (Å²) >= 11 is 7.25. The smallest absolute Gasteiger partial charge is 0.266 e. The van der Waals surface area contributed by atoms with Crippen LogP contribution in [0.15, 0.2) is 18.2 Å². The molecule has 0 radical (unpaired) electrons. The maximum absolute atomic E-state index is 12.1. The van der Waals surface area contributed by atoms with Crippen LogP contribution < -0.4 is 10.1 Å². The van der Waals surface area contributed by atoms with Crippen LogP contribution >= 0.6 is 22.9 Å². The molecule has 0 bridgehead atoms. The number of ether oxygens (including phenoxy) is 1. The Bertz CT molecular complexity index is 645. The predicted molar refractivity (Wildman–Crippen MR) is 84.2 cm³/mol. The normalized spacial score (nSPS) is 12.0. The average Bonchev–Trinajstić information content (AvgIpc) is 2.89. The van der Waals surface area contributed by atoms with E-state index in [4.69, 9.17) is 16.3 Å². The molecule has 5 nitrogen and oxygen atoms in total. The highest BCUT2D eigenvalue weighted by molar-refractivity contribution is 7.15. The summed E-state index contributed by atoms with van der Waals surface area (Å²) in [5.41, 5.74) is 0.881. The van der Waals surface area contributed by atoms with Gasteiger partial charge < -0.3 is 4.74 Å². The van der Waals surface area contributed by atoms with Gasteiger partial charge in [0.1, 0.15) is 10.8 Å². The number of carbonyl (C=O) groups excluding carboxylic acids is 1. The van der Waals surface area contributed by atoms with E-state index >= 15 is 0 Å². The molecule has 1 aromatic carbocycles. The second-order valence-corrected chi connectivity index (χ2v) is 6.01. The summed E-state index contributed by atoms with van der Waals surface area (Å²) in [6, 6.07) is 5.27. The molecule has 112 valence electrons. The number of benzene rings is 1. The standard InChI is InChI=1S/C14H16ClN3O2S/c1-4-12-17-18-14(21-12)16-13(19)9(3)20-11-6-5-10(15)7-8(11)2/h5-7,9H,4H2,1-3H3,(H,16,18,19)/t9-/m1/s1. The van der Waals surface area contributed by atoms with Crippen molar-refractivity contribution < 1.29 is 9.53 Å². The third-order valence-electron chi connectivity index (χ3n) is 2.81. The molecule has 0 saturated heterocycles. The summed E-state index contributed by atoms with van der Waals surface area (Å²) in [6.45, 7) is 5.55. The first kappa shape index (κ1) is 15.7. The van der Waals surface area contributed by atoms with E-state index in [0.717, 1.165) is 17.0 Å². The van der Waals surface area contributed by atoms with Crippen LogP contribution in [0.3, 0.4) is 0 Å². The van der Waals surface area contributed by atoms with Crippen LogP contribution in [0.25, 0.3) is 0 Å². The minimum absolute atomic E-state index is 0.261. The van der Waals surface area contributed by atoms with E-state index in [2.05, 4.69) is 15.5 Å². The van der Waals surface area contributed by atoms with E-state index in [0.29, 0.717) is 15.9 Å². The fourth-order valence-corrected chi connectivity index (χ4v) is 2.55. The summed E-state index contributed by atoms with van der Waals surface area (Å²) in [5.74, 6) is 0.372. The molecule has 21 heavy (non-hydrogen) atoms. The van der Waals surface area contributed by atoms with Crippen LogP contribution in [-0.4, -0.2) is 22.2 Å². The van der Waals surface area contributed by atoms with Gasteiger partial charge in [0.25, 0.3) is 5.91 Å². The molecule has 2 aromatic rings. The van der Waals surface area contributed by atoms with Crippen molar-refractivity contribution in [1.29, 1.82) is 0 Å². The third-order valence-corrected chi connectivity index (χ3v) is 4.03. The van der Waals surface area contributed by atoms with Gasteiger partial charge in [-0.1, -0.05) is 29.9 Å². The first-order chi connectivity index (χ1) is 9.99. The number of aryl methyl sites for hydroxylation is 2.